The van der Waals surface area contributed by atoms with Gasteiger partial charge in [-0.15, -0.1) is 0 Å². The van der Waals surface area contributed by atoms with Crippen molar-refractivity contribution in [2.24, 2.45) is 0 Å². The molecule has 0 aliphatic carbocycles. The average molecular weight is 266 g/mol. The number of ether oxygens (including phenoxy) is 2. The fourth-order valence-electron chi connectivity index (χ4n) is 1.80. The van der Waals surface area contributed by atoms with E-state index in [1.165, 1.54) is 5.56 Å². The highest BCUT2D eigenvalue weighted by atomic mass is 16.5. The van der Waals surface area contributed by atoms with Crippen LogP contribution >= 0.6 is 0 Å². The Labute approximate surface area is 116 Å². The van der Waals surface area contributed by atoms with Gasteiger partial charge in [-0.2, -0.15) is 0 Å². The molecule has 0 heterocycles. The molecule has 0 saturated carbocycles. The summed E-state index contributed by atoms with van der Waals surface area (Å²) in [7, 11) is 0. The molecule has 0 aliphatic heterocycles. The van der Waals surface area contributed by atoms with Gasteiger partial charge in [0.2, 0.25) is 0 Å². The summed E-state index contributed by atoms with van der Waals surface area (Å²) >= 11 is 0. The van der Waals surface area contributed by atoms with Crippen LogP contribution in [0.1, 0.15) is 45.6 Å². The van der Waals surface area contributed by atoms with E-state index in [0.29, 0.717) is 6.61 Å². The first kappa shape index (κ1) is 15.8. The van der Waals surface area contributed by atoms with Crippen molar-refractivity contribution in [2.45, 2.75) is 52.6 Å². The predicted molar refractivity (Wildman–Crippen MR) is 78.0 cm³/mol. The minimum Gasteiger partial charge on any atom is -0.490 e. The van der Waals surface area contributed by atoms with Crippen LogP contribution in [0.25, 0.3) is 0 Å². The van der Waals surface area contributed by atoms with E-state index in [2.05, 4.69) is 6.92 Å². The number of aliphatic hydroxyl groups is 1. The number of rotatable bonds is 9. The van der Waals surface area contributed by atoms with Crippen LogP contribution in [-0.2, 0) is 6.42 Å². The molecule has 108 valence electrons. The molecule has 0 fully saturated rings. The molecular formula is C16H26O3. The first-order chi connectivity index (χ1) is 9.17. The third-order valence-corrected chi connectivity index (χ3v) is 2.91. The molecule has 0 radical (unpaired) electrons. The average Bonchev–Trinajstić information content (AvgIpc) is 2.39. The second-order valence-corrected chi connectivity index (χ2v) is 4.80. The zero-order valence-corrected chi connectivity index (χ0v) is 12.3. The lowest BCUT2D eigenvalue weighted by Crippen LogP contribution is -2.03. The first-order valence-electron chi connectivity index (χ1n) is 7.24. The summed E-state index contributed by atoms with van der Waals surface area (Å²) in [5, 5.41) is 9.33. The summed E-state index contributed by atoms with van der Waals surface area (Å²) in [6.07, 6.45) is 3.52. The number of benzene rings is 1. The number of unbranched alkanes of at least 4 members (excludes halogenated alkanes) is 1. The lowest BCUT2D eigenvalue weighted by molar-refractivity contribution is 0.185. The molecule has 3 heteroatoms. The van der Waals surface area contributed by atoms with Gasteiger partial charge in [-0.3, -0.25) is 0 Å². The second-order valence-electron chi connectivity index (χ2n) is 4.80. The third-order valence-electron chi connectivity index (χ3n) is 2.91. The van der Waals surface area contributed by atoms with Crippen molar-refractivity contribution in [3.63, 3.8) is 0 Å². The maximum absolute atomic E-state index is 9.33. The molecule has 1 rings (SSSR count). The van der Waals surface area contributed by atoms with Gasteiger partial charge < -0.3 is 14.6 Å². The summed E-state index contributed by atoms with van der Waals surface area (Å²) < 4.78 is 11.4. The van der Waals surface area contributed by atoms with Crippen LogP contribution in [0, 0.1) is 0 Å². The molecule has 1 aromatic rings. The maximum Gasteiger partial charge on any atom is 0.161 e. The van der Waals surface area contributed by atoms with Gasteiger partial charge in [-0.25, -0.2) is 0 Å². The fraction of sp³-hybridized carbons (Fsp3) is 0.625. The van der Waals surface area contributed by atoms with Gasteiger partial charge in [-0.1, -0.05) is 19.4 Å². The highest BCUT2D eigenvalue weighted by molar-refractivity contribution is 5.43. The molecule has 0 amide bonds. The van der Waals surface area contributed by atoms with Crippen LogP contribution < -0.4 is 9.47 Å². The molecule has 0 aromatic heterocycles. The molecule has 1 aromatic carbocycles. The van der Waals surface area contributed by atoms with Crippen LogP contribution in [0.5, 0.6) is 11.5 Å². The minimum atomic E-state index is -0.268. The van der Waals surface area contributed by atoms with Crippen molar-refractivity contribution < 1.29 is 14.6 Å². The molecule has 0 bridgehead atoms. The predicted octanol–water partition coefficient (Wildman–Crippen LogP) is 3.58. The van der Waals surface area contributed by atoms with Gasteiger partial charge in [0.15, 0.2) is 11.5 Å². The van der Waals surface area contributed by atoms with E-state index in [9.17, 15) is 5.11 Å². The standard InChI is InChI=1S/C16H26O3/c1-4-6-11-19-15-10-9-14(8-7-13(3)17)12-16(15)18-5-2/h9-10,12-13,17H,4-8,11H2,1-3H3. The van der Waals surface area contributed by atoms with E-state index in [-0.39, 0.29) is 6.10 Å². The zero-order chi connectivity index (χ0) is 14.1. The molecule has 1 unspecified atom stereocenters. The molecule has 0 saturated heterocycles. The van der Waals surface area contributed by atoms with E-state index in [1.54, 1.807) is 0 Å². The summed E-state index contributed by atoms with van der Waals surface area (Å²) in [6, 6.07) is 6.04. The van der Waals surface area contributed by atoms with Crippen molar-refractivity contribution in [1.29, 1.82) is 0 Å². The summed E-state index contributed by atoms with van der Waals surface area (Å²) in [6.45, 7) is 7.28. The van der Waals surface area contributed by atoms with Crippen molar-refractivity contribution in [3.05, 3.63) is 23.8 Å². The Hall–Kier alpha value is -1.22. The van der Waals surface area contributed by atoms with Gasteiger partial charge in [0.1, 0.15) is 0 Å². The maximum atomic E-state index is 9.33. The van der Waals surface area contributed by atoms with E-state index in [4.69, 9.17) is 9.47 Å². The zero-order valence-electron chi connectivity index (χ0n) is 12.3. The fourth-order valence-corrected chi connectivity index (χ4v) is 1.80. The van der Waals surface area contributed by atoms with Crippen molar-refractivity contribution >= 4 is 0 Å². The molecule has 19 heavy (non-hydrogen) atoms. The molecule has 0 aliphatic rings. The molecule has 0 spiro atoms. The summed E-state index contributed by atoms with van der Waals surface area (Å²) in [5.74, 6) is 1.62. The minimum absolute atomic E-state index is 0.268. The van der Waals surface area contributed by atoms with Gasteiger partial charge in [0, 0.05) is 0 Å². The van der Waals surface area contributed by atoms with Crippen LogP contribution in [0.15, 0.2) is 18.2 Å². The highest BCUT2D eigenvalue weighted by Crippen LogP contribution is 2.29. The monoisotopic (exact) mass is 266 g/mol. The van der Waals surface area contributed by atoms with Gasteiger partial charge in [0.25, 0.3) is 0 Å². The van der Waals surface area contributed by atoms with E-state index in [0.717, 1.165) is 43.8 Å². The molecule has 1 atom stereocenters. The number of hydrogen-bond donors (Lipinski definition) is 1. The topological polar surface area (TPSA) is 38.7 Å². The molecular weight excluding hydrogens is 240 g/mol. The van der Waals surface area contributed by atoms with Crippen LogP contribution in [0.4, 0.5) is 0 Å². The van der Waals surface area contributed by atoms with Gasteiger partial charge in [0.05, 0.1) is 19.3 Å². The SMILES string of the molecule is CCCCOc1ccc(CCC(C)O)cc1OCC. The highest BCUT2D eigenvalue weighted by Gasteiger charge is 2.07. The Kier molecular flexibility index (Phi) is 7.34. The number of aryl methyl sites for hydroxylation is 1. The van der Waals surface area contributed by atoms with Crippen LogP contribution in [0.3, 0.4) is 0 Å². The number of hydrogen-bond acceptors (Lipinski definition) is 3. The Morgan fingerprint density at radius 1 is 1.16 bits per heavy atom. The van der Waals surface area contributed by atoms with Gasteiger partial charge >= 0.3 is 0 Å². The molecule has 3 nitrogen and oxygen atoms in total. The Morgan fingerprint density at radius 2 is 1.95 bits per heavy atom. The Balaban J connectivity index is 2.69. The smallest absolute Gasteiger partial charge is 0.161 e. The number of aliphatic hydroxyl groups excluding tert-OH is 1. The lowest BCUT2D eigenvalue weighted by Gasteiger charge is -2.13. The first-order valence-corrected chi connectivity index (χ1v) is 7.24. The normalized spacial score (nSPS) is 12.2. The van der Waals surface area contributed by atoms with Crippen molar-refractivity contribution in [2.75, 3.05) is 13.2 Å². The van der Waals surface area contributed by atoms with Crippen LogP contribution in [0.2, 0.25) is 0 Å². The quantitative estimate of drug-likeness (QED) is 0.694. The van der Waals surface area contributed by atoms with E-state index in [1.807, 2.05) is 32.0 Å². The Bertz CT molecular complexity index is 361. The molecule has 1 N–H and O–H groups in total. The van der Waals surface area contributed by atoms with E-state index >= 15 is 0 Å². The van der Waals surface area contributed by atoms with Crippen LogP contribution in [-0.4, -0.2) is 24.4 Å². The lowest BCUT2D eigenvalue weighted by atomic mass is 10.1. The summed E-state index contributed by atoms with van der Waals surface area (Å²) in [4.78, 5) is 0. The van der Waals surface area contributed by atoms with Crippen molar-refractivity contribution in [3.8, 4) is 11.5 Å². The largest absolute Gasteiger partial charge is 0.490 e. The second kappa shape index (κ2) is 8.81. The van der Waals surface area contributed by atoms with Gasteiger partial charge in [-0.05, 0) is 50.8 Å². The van der Waals surface area contributed by atoms with Crippen molar-refractivity contribution in [1.82, 2.24) is 0 Å². The Morgan fingerprint density at radius 3 is 2.58 bits per heavy atom. The van der Waals surface area contributed by atoms with E-state index < -0.39 is 0 Å². The summed E-state index contributed by atoms with van der Waals surface area (Å²) in [5.41, 5.74) is 1.17. The third kappa shape index (κ3) is 5.97.